The number of para-hydroxylation sites is 1. The number of ether oxygens (including phenoxy) is 1. The lowest BCUT2D eigenvalue weighted by atomic mass is 10.1. The highest BCUT2D eigenvalue weighted by atomic mass is 16.5. The zero-order valence-corrected chi connectivity index (χ0v) is 14.2. The van der Waals surface area contributed by atoms with Gasteiger partial charge in [-0.3, -0.25) is 4.79 Å². The molecule has 0 fully saturated rings. The number of carbonyl (C=O) groups is 2. The van der Waals surface area contributed by atoms with Gasteiger partial charge in [0.15, 0.2) is 0 Å². The quantitative estimate of drug-likeness (QED) is 0.830. The summed E-state index contributed by atoms with van der Waals surface area (Å²) in [5.41, 5.74) is 2.78. The summed E-state index contributed by atoms with van der Waals surface area (Å²) in [5.74, 6) is -0.258. The highest BCUT2D eigenvalue weighted by Gasteiger charge is 2.24. The smallest absolute Gasteiger partial charge is 0.341 e. The molecule has 0 radical (unpaired) electrons. The van der Waals surface area contributed by atoms with Crippen LogP contribution in [0.4, 0.5) is 11.6 Å². The van der Waals surface area contributed by atoms with E-state index in [4.69, 9.17) is 4.74 Å². The van der Waals surface area contributed by atoms with Crippen molar-refractivity contribution >= 4 is 23.5 Å². The van der Waals surface area contributed by atoms with Gasteiger partial charge in [0, 0.05) is 11.9 Å². The van der Waals surface area contributed by atoms with Crippen molar-refractivity contribution in [2.75, 3.05) is 17.2 Å². The van der Waals surface area contributed by atoms with Crippen LogP contribution in [0.25, 0.3) is 0 Å². The van der Waals surface area contributed by atoms with Crippen LogP contribution in [0, 0.1) is 6.92 Å². The van der Waals surface area contributed by atoms with E-state index in [1.54, 1.807) is 13.8 Å². The molecule has 2 N–H and O–H groups in total. The molecule has 0 aliphatic carbocycles. The first kappa shape index (κ1) is 16.9. The summed E-state index contributed by atoms with van der Waals surface area (Å²) in [6, 6.07) is 7.31. The third-order valence-corrected chi connectivity index (χ3v) is 4.07. The number of nitrogens with zero attached hydrogens (tertiary/aromatic N) is 2. The Morgan fingerprint density at radius 3 is 2.96 bits per heavy atom. The normalized spacial score (nSPS) is 16.4. The van der Waals surface area contributed by atoms with Gasteiger partial charge >= 0.3 is 5.97 Å². The van der Waals surface area contributed by atoms with Gasteiger partial charge in [-0.15, -0.1) is 0 Å². The first-order valence-electron chi connectivity index (χ1n) is 8.24. The summed E-state index contributed by atoms with van der Waals surface area (Å²) in [7, 11) is 0. The number of benzene rings is 1. The highest BCUT2D eigenvalue weighted by Crippen LogP contribution is 2.22. The number of nitrogens with one attached hydrogen (secondary N) is 2. The molecule has 0 saturated carbocycles. The van der Waals surface area contributed by atoms with Crippen LogP contribution in [0.2, 0.25) is 0 Å². The van der Waals surface area contributed by atoms with E-state index in [2.05, 4.69) is 20.6 Å². The molecule has 0 saturated heterocycles. The number of anilines is 2. The molecule has 1 amide bonds. The van der Waals surface area contributed by atoms with Crippen LogP contribution < -0.4 is 10.6 Å². The Labute approximate surface area is 145 Å². The molecule has 2 aromatic rings. The molecule has 25 heavy (non-hydrogen) atoms. The van der Waals surface area contributed by atoms with Crippen molar-refractivity contribution in [2.24, 2.45) is 0 Å². The molecule has 0 bridgehead atoms. The van der Waals surface area contributed by atoms with E-state index >= 15 is 0 Å². The van der Waals surface area contributed by atoms with Crippen LogP contribution in [0.3, 0.4) is 0 Å². The Morgan fingerprint density at radius 1 is 1.40 bits per heavy atom. The molecule has 1 aromatic heterocycles. The largest absolute Gasteiger partial charge is 0.462 e. The van der Waals surface area contributed by atoms with Crippen molar-refractivity contribution in [3.8, 4) is 0 Å². The van der Waals surface area contributed by atoms with Crippen molar-refractivity contribution < 1.29 is 14.3 Å². The van der Waals surface area contributed by atoms with Crippen molar-refractivity contribution in [2.45, 2.75) is 32.7 Å². The van der Waals surface area contributed by atoms with E-state index in [-0.39, 0.29) is 5.91 Å². The SMILES string of the molecule is CCOC(=O)c1cnc(N[C@@H]2CCc3ccccc3NC2=O)nc1C. The Balaban J connectivity index is 1.73. The van der Waals surface area contributed by atoms with Gasteiger partial charge in [0.25, 0.3) is 0 Å². The number of hydrogen-bond donors (Lipinski definition) is 2. The molecule has 1 aliphatic heterocycles. The van der Waals surface area contributed by atoms with Crippen molar-refractivity contribution in [1.82, 2.24) is 9.97 Å². The number of aromatic nitrogens is 2. The van der Waals surface area contributed by atoms with Gasteiger partial charge < -0.3 is 15.4 Å². The second-order valence-corrected chi connectivity index (χ2v) is 5.80. The fourth-order valence-electron chi connectivity index (χ4n) is 2.75. The molecule has 0 unspecified atom stereocenters. The lowest BCUT2D eigenvalue weighted by molar-refractivity contribution is -0.116. The van der Waals surface area contributed by atoms with Crippen molar-refractivity contribution in [3.05, 3.63) is 47.3 Å². The van der Waals surface area contributed by atoms with Crippen LogP contribution >= 0.6 is 0 Å². The van der Waals surface area contributed by atoms with Crippen LogP contribution in [0.15, 0.2) is 30.5 Å². The number of aryl methyl sites for hydroxylation is 2. The molecule has 1 aliphatic rings. The first-order chi connectivity index (χ1) is 12.1. The maximum Gasteiger partial charge on any atom is 0.341 e. The molecule has 130 valence electrons. The van der Waals surface area contributed by atoms with E-state index in [0.29, 0.717) is 30.2 Å². The summed E-state index contributed by atoms with van der Waals surface area (Å²) >= 11 is 0. The second kappa shape index (κ2) is 7.29. The average molecular weight is 340 g/mol. The number of fused-ring (bicyclic) bond motifs is 1. The van der Waals surface area contributed by atoms with Crippen LogP contribution in [0.1, 0.15) is 35.0 Å². The topological polar surface area (TPSA) is 93.2 Å². The fourth-order valence-corrected chi connectivity index (χ4v) is 2.75. The first-order valence-corrected chi connectivity index (χ1v) is 8.24. The predicted molar refractivity (Wildman–Crippen MR) is 93.5 cm³/mol. The molecule has 3 rings (SSSR count). The van der Waals surface area contributed by atoms with Gasteiger partial charge in [0.2, 0.25) is 11.9 Å². The van der Waals surface area contributed by atoms with Gasteiger partial charge in [-0.1, -0.05) is 18.2 Å². The molecule has 0 spiro atoms. The predicted octanol–water partition coefficient (Wildman–Crippen LogP) is 2.33. The van der Waals surface area contributed by atoms with Crippen molar-refractivity contribution in [1.29, 1.82) is 0 Å². The molecule has 1 atom stereocenters. The Bertz CT molecular complexity index is 807. The van der Waals surface area contributed by atoms with Crippen LogP contribution in [0.5, 0.6) is 0 Å². The molecular weight excluding hydrogens is 320 g/mol. The second-order valence-electron chi connectivity index (χ2n) is 5.80. The molecular formula is C18H20N4O3. The van der Waals surface area contributed by atoms with Crippen LogP contribution in [-0.2, 0) is 16.0 Å². The van der Waals surface area contributed by atoms with Gasteiger partial charge in [0.05, 0.1) is 17.9 Å². The van der Waals surface area contributed by atoms with Gasteiger partial charge in [0.1, 0.15) is 6.04 Å². The standard InChI is InChI=1S/C18H20N4O3/c1-3-25-17(24)13-10-19-18(20-11(13)2)22-15-9-8-12-6-4-5-7-14(12)21-16(15)23/h4-7,10,15H,3,8-9H2,1-2H3,(H,21,23)(H,19,20,22)/t15-/m1/s1. The number of hydrogen-bond acceptors (Lipinski definition) is 6. The summed E-state index contributed by atoms with van der Waals surface area (Å²) in [6.07, 6.45) is 2.82. The minimum Gasteiger partial charge on any atom is -0.462 e. The summed E-state index contributed by atoms with van der Waals surface area (Å²) in [5, 5.41) is 5.98. The van der Waals surface area contributed by atoms with E-state index < -0.39 is 12.0 Å². The third-order valence-electron chi connectivity index (χ3n) is 4.07. The highest BCUT2D eigenvalue weighted by molar-refractivity contribution is 5.97. The lowest BCUT2D eigenvalue weighted by Crippen LogP contribution is -2.34. The minimum atomic E-state index is -0.450. The van der Waals surface area contributed by atoms with E-state index in [1.807, 2.05) is 24.3 Å². The van der Waals surface area contributed by atoms with Gasteiger partial charge in [-0.05, 0) is 38.3 Å². The number of rotatable bonds is 4. The number of amides is 1. The average Bonchev–Trinajstić information content (AvgIpc) is 2.74. The van der Waals surface area contributed by atoms with Gasteiger partial charge in [-0.25, -0.2) is 14.8 Å². The van der Waals surface area contributed by atoms with Crippen molar-refractivity contribution in [3.63, 3.8) is 0 Å². The number of carbonyl (C=O) groups excluding carboxylic acids is 2. The maximum atomic E-state index is 12.4. The van der Waals surface area contributed by atoms with Crippen LogP contribution in [-0.4, -0.2) is 34.5 Å². The molecule has 2 heterocycles. The summed E-state index contributed by atoms with van der Waals surface area (Å²) in [4.78, 5) is 32.7. The van der Waals surface area contributed by atoms with Gasteiger partial charge in [-0.2, -0.15) is 0 Å². The molecule has 1 aromatic carbocycles. The van der Waals surface area contributed by atoms with E-state index in [9.17, 15) is 9.59 Å². The Hall–Kier alpha value is -2.96. The molecule has 7 nitrogen and oxygen atoms in total. The monoisotopic (exact) mass is 340 g/mol. The minimum absolute atomic E-state index is 0.124. The van der Waals surface area contributed by atoms with E-state index in [0.717, 1.165) is 17.7 Å². The summed E-state index contributed by atoms with van der Waals surface area (Å²) < 4.78 is 4.96. The zero-order chi connectivity index (χ0) is 17.8. The zero-order valence-electron chi connectivity index (χ0n) is 14.2. The summed E-state index contributed by atoms with van der Waals surface area (Å²) in [6.45, 7) is 3.75. The lowest BCUT2D eigenvalue weighted by Gasteiger charge is -2.15. The Kier molecular flexibility index (Phi) is 4.92. The third kappa shape index (κ3) is 3.76. The van der Waals surface area contributed by atoms with E-state index in [1.165, 1.54) is 6.20 Å². The molecule has 7 heteroatoms. The number of esters is 1. The fraction of sp³-hybridized carbons (Fsp3) is 0.333. The maximum absolute atomic E-state index is 12.4. The Morgan fingerprint density at radius 2 is 2.20 bits per heavy atom.